The molecule has 2 heterocycles. The van der Waals surface area contributed by atoms with Crippen molar-refractivity contribution in [3.8, 4) is 67.5 Å². The summed E-state index contributed by atoms with van der Waals surface area (Å²) in [5.41, 5.74) is 11.3. The van der Waals surface area contributed by atoms with Crippen molar-refractivity contribution in [2.45, 2.75) is 0 Å². The second kappa shape index (κ2) is 12.9. The third kappa shape index (κ3) is 5.63. The number of nitrogens with zero attached hydrogens (tertiary/aromatic N) is 3. The first-order valence-corrected chi connectivity index (χ1v) is 17.8. The van der Waals surface area contributed by atoms with Gasteiger partial charge in [-0.05, 0) is 74.5 Å². The van der Waals surface area contributed by atoms with Crippen LogP contribution in [0.25, 0.3) is 100 Å². The molecule has 10 rings (SSSR count). The third-order valence-corrected chi connectivity index (χ3v) is 9.93. The molecule has 0 aliphatic carbocycles. The van der Waals surface area contributed by atoms with Gasteiger partial charge in [0.2, 0.25) is 0 Å². The van der Waals surface area contributed by atoms with Gasteiger partial charge in [0.25, 0.3) is 0 Å². The highest BCUT2D eigenvalue weighted by Gasteiger charge is 2.17. The van der Waals surface area contributed by atoms with Crippen LogP contribution in [0.1, 0.15) is 0 Å². The lowest BCUT2D eigenvalue weighted by Crippen LogP contribution is -2.00. The van der Waals surface area contributed by atoms with Gasteiger partial charge in [-0.1, -0.05) is 158 Å². The summed E-state index contributed by atoms with van der Waals surface area (Å²) in [6, 6.07) is 65.2. The van der Waals surface area contributed by atoms with Crippen molar-refractivity contribution in [1.29, 1.82) is 0 Å². The lowest BCUT2D eigenvalue weighted by molar-refractivity contribution is 0.669. The van der Waals surface area contributed by atoms with E-state index < -0.39 is 0 Å². The van der Waals surface area contributed by atoms with Crippen LogP contribution in [0.4, 0.5) is 0 Å². The summed E-state index contributed by atoms with van der Waals surface area (Å²) >= 11 is 0. The Kier molecular flexibility index (Phi) is 7.43. The summed E-state index contributed by atoms with van der Waals surface area (Å²) in [4.78, 5) is 15.2. The van der Waals surface area contributed by atoms with Crippen LogP contribution in [-0.2, 0) is 0 Å². The number of fused-ring (bicyclic) bond motifs is 4. The molecule has 0 N–H and O–H groups in total. The fraction of sp³-hybridized carbons (Fsp3) is 0. The van der Waals surface area contributed by atoms with Crippen LogP contribution >= 0.6 is 0 Å². The molecule has 0 bridgehead atoms. The van der Waals surface area contributed by atoms with Gasteiger partial charge in [-0.3, -0.25) is 0 Å². The maximum atomic E-state index is 6.55. The average molecular weight is 678 g/mol. The van der Waals surface area contributed by atoms with Crippen LogP contribution in [0.5, 0.6) is 0 Å². The normalized spacial score (nSPS) is 11.4. The SMILES string of the molecule is c1ccc(-c2cccc(-c3cccc4oc5cc(-c6nc(-c7ccccc7)nc(-c7ccc8cccc(-c9ccccc9)c8c7)n6)ccc5c34)c2)cc1. The first-order chi connectivity index (χ1) is 26.2. The highest BCUT2D eigenvalue weighted by atomic mass is 16.3. The maximum absolute atomic E-state index is 6.55. The van der Waals surface area contributed by atoms with Gasteiger partial charge in [0.1, 0.15) is 11.2 Å². The van der Waals surface area contributed by atoms with Crippen molar-refractivity contribution in [1.82, 2.24) is 15.0 Å². The Balaban J connectivity index is 1.11. The van der Waals surface area contributed by atoms with E-state index >= 15 is 0 Å². The molecule has 0 unspecified atom stereocenters. The Bertz CT molecular complexity index is 2940. The number of hydrogen-bond acceptors (Lipinski definition) is 4. The number of rotatable bonds is 6. The van der Waals surface area contributed by atoms with Crippen LogP contribution in [0.2, 0.25) is 0 Å². The summed E-state index contributed by atoms with van der Waals surface area (Å²) in [7, 11) is 0. The first-order valence-electron chi connectivity index (χ1n) is 17.8. The predicted octanol–water partition coefficient (Wildman–Crippen LogP) is 12.9. The molecular formula is C49H31N3O. The minimum absolute atomic E-state index is 0.587. The van der Waals surface area contributed by atoms with Gasteiger partial charge in [-0.15, -0.1) is 0 Å². The molecule has 4 heteroatoms. The summed E-state index contributed by atoms with van der Waals surface area (Å²) < 4.78 is 6.55. The average Bonchev–Trinajstić information content (AvgIpc) is 3.62. The van der Waals surface area contributed by atoms with Crippen molar-refractivity contribution >= 4 is 32.7 Å². The van der Waals surface area contributed by atoms with Crippen LogP contribution in [0, 0.1) is 0 Å². The molecule has 0 fully saturated rings. The fourth-order valence-electron chi connectivity index (χ4n) is 7.33. The van der Waals surface area contributed by atoms with Gasteiger partial charge >= 0.3 is 0 Å². The van der Waals surface area contributed by atoms with Gasteiger partial charge in [0.05, 0.1) is 0 Å². The summed E-state index contributed by atoms with van der Waals surface area (Å²) in [6.45, 7) is 0. The molecule has 4 nitrogen and oxygen atoms in total. The third-order valence-electron chi connectivity index (χ3n) is 9.93. The molecule has 0 saturated heterocycles. The molecule has 0 saturated carbocycles. The molecule has 0 amide bonds. The molecule has 0 spiro atoms. The summed E-state index contributed by atoms with van der Waals surface area (Å²) in [5, 5.41) is 4.44. The zero-order valence-corrected chi connectivity index (χ0v) is 28.6. The van der Waals surface area contributed by atoms with E-state index in [-0.39, 0.29) is 0 Å². The molecule has 10 aromatic rings. The van der Waals surface area contributed by atoms with Crippen LogP contribution in [-0.4, -0.2) is 15.0 Å². The van der Waals surface area contributed by atoms with Crippen LogP contribution in [0.3, 0.4) is 0 Å². The Morgan fingerprint density at radius 1 is 0.302 bits per heavy atom. The van der Waals surface area contributed by atoms with Gasteiger partial charge in [-0.2, -0.15) is 0 Å². The second-order valence-corrected chi connectivity index (χ2v) is 13.2. The molecule has 2 aromatic heterocycles. The van der Waals surface area contributed by atoms with Crippen molar-refractivity contribution < 1.29 is 4.42 Å². The van der Waals surface area contributed by atoms with E-state index in [0.29, 0.717) is 17.5 Å². The zero-order chi connectivity index (χ0) is 35.1. The molecule has 53 heavy (non-hydrogen) atoms. The van der Waals surface area contributed by atoms with E-state index in [1.165, 1.54) is 22.3 Å². The number of aromatic nitrogens is 3. The van der Waals surface area contributed by atoms with Crippen LogP contribution in [0.15, 0.2) is 192 Å². The van der Waals surface area contributed by atoms with Crippen molar-refractivity contribution in [2.75, 3.05) is 0 Å². The minimum atomic E-state index is 0.587. The predicted molar refractivity (Wildman–Crippen MR) is 217 cm³/mol. The van der Waals surface area contributed by atoms with Crippen LogP contribution < -0.4 is 0 Å². The van der Waals surface area contributed by atoms with Crippen molar-refractivity contribution in [3.05, 3.63) is 188 Å². The smallest absolute Gasteiger partial charge is 0.164 e. The van der Waals surface area contributed by atoms with E-state index in [2.05, 4.69) is 140 Å². The van der Waals surface area contributed by atoms with E-state index in [4.69, 9.17) is 19.4 Å². The fourth-order valence-corrected chi connectivity index (χ4v) is 7.33. The van der Waals surface area contributed by atoms with Gasteiger partial charge in [-0.25, -0.2) is 15.0 Å². The van der Waals surface area contributed by atoms with E-state index in [1.807, 2.05) is 48.5 Å². The quantitative estimate of drug-likeness (QED) is 0.176. The Morgan fingerprint density at radius 2 is 0.868 bits per heavy atom. The number of hydrogen-bond donors (Lipinski definition) is 0. The lowest BCUT2D eigenvalue weighted by Gasteiger charge is -2.11. The van der Waals surface area contributed by atoms with E-state index in [1.54, 1.807) is 0 Å². The largest absolute Gasteiger partial charge is 0.456 e. The van der Waals surface area contributed by atoms with E-state index in [0.717, 1.165) is 60.5 Å². The first kappa shape index (κ1) is 30.6. The summed E-state index contributed by atoms with van der Waals surface area (Å²) in [6.07, 6.45) is 0. The molecule has 8 aromatic carbocycles. The molecule has 0 radical (unpaired) electrons. The van der Waals surface area contributed by atoms with Gasteiger partial charge in [0.15, 0.2) is 17.5 Å². The topological polar surface area (TPSA) is 51.8 Å². The zero-order valence-electron chi connectivity index (χ0n) is 28.6. The Morgan fingerprint density at radius 3 is 1.62 bits per heavy atom. The highest BCUT2D eigenvalue weighted by Crippen LogP contribution is 2.39. The molecule has 0 aliphatic heterocycles. The number of furan rings is 1. The standard InChI is InChI=1S/C49H31N3O/c1-4-13-32(14-5-1)36-20-10-21-37(29-36)41-23-12-24-44-46(41)42-28-27-39(31-45(42)53-44)49-51-47(35-17-8-3-9-18-35)50-48(52-49)38-26-25-34-19-11-22-40(43(34)30-38)33-15-6-2-7-16-33/h1-31H. The number of benzene rings is 8. The lowest BCUT2D eigenvalue weighted by atomic mass is 9.96. The highest BCUT2D eigenvalue weighted by molar-refractivity contribution is 6.13. The van der Waals surface area contributed by atoms with Crippen molar-refractivity contribution in [3.63, 3.8) is 0 Å². The molecule has 248 valence electrons. The molecular weight excluding hydrogens is 647 g/mol. The minimum Gasteiger partial charge on any atom is -0.456 e. The maximum Gasteiger partial charge on any atom is 0.164 e. The molecule has 0 atom stereocenters. The Hall–Kier alpha value is -7.17. The van der Waals surface area contributed by atoms with Gasteiger partial charge in [0, 0.05) is 27.5 Å². The van der Waals surface area contributed by atoms with Crippen molar-refractivity contribution in [2.24, 2.45) is 0 Å². The monoisotopic (exact) mass is 677 g/mol. The second-order valence-electron chi connectivity index (χ2n) is 13.2. The Labute approximate surface area is 306 Å². The van der Waals surface area contributed by atoms with Gasteiger partial charge < -0.3 is 4.42 Å². The molecule has 0 aliphatic rings. The summed E-state index contributed by atoms with van der Waals surface area (Å²) in [5.74, 6) is 1.82. The van der Waals surface area contributed by atoms with E-state index in [9.17, 15) is 0 Å².